The van der Waals surface area contributed by atoms with Gasteiger partial charge in [0, 0.05) is 37.6 Å². The second-order valence-electron chi connectivity index (χ2n) is 7.77. The number of halogens is 1. The third kappa shape index (κ3) is 4.82. The largest absolute Gasteiger partial charge is 0.496 e. The van der Waals surface area contributed by atoms with E-state index in [-0.39, 0.29) is 11.9 Å². The van der Waals surface area contributed by atoms with Gasteiger partial charge in [-0.25, -0.2) is 9.37 Å². The number of methoxy groups -OCH3 is 1. The normalized spacial score (nSPS) is 15.3. The van der Waals surface area contributed by atoms with Crippen molar-refractivity contribution in [2.45, 2.75) is 39.0 Å². The predicted molar refractivity (Wildman–Crippen MR) is 114 cm³/mol. The van der Waals surface area contributed by atoms with Gasteiger partial charge < -0.3 is 14.0 Å². The van der Waals surface area contributed by atoms with E-state index in [2.05, 4.69) is 26.6 Å². The minimum atomic E-state index is -0.293. The first-order valence-corrected chi connectivity index (χ1v) is 10.4. The Balaban J connectivity index is 1.36. The van der Waals surface area contributed by atoms with Crippen molar-refractivity contribution in [3.63, 3.8) is 0 Å². The number of nitrogens with zero attached hydrogens (tertiary/aromatic N) is 3. The zero-order valence-electron chi connectivity index (χ0n) is 17.6. The van der Waals surface area contributed by atoms with Gasteiger partial charge in [0.25, 0.3) is 0 Å². The molecule has 1 aliphatic heterocycles. The number of benzene rings is 2. The molecule has 1 fully saturated rings. The fraction of sp³-hybridized carbons (Fsp3) is 0.375. The minimum Gasteiger partial charge on any atom is -0.496 e. The molecule has 1 aromatic heterocycles. The van der Waals surface area contributed by atoms with Crippen LogP contribution in [-0.4, -0.2) is 40.8 Å². The van der Waals surface area contributed by atoms with Crippen molar-refractivity contribution >= 4 is 0 Å². The summed E-state index contributed by atoms with van der Waals surface area (Å²) >= 11 is 0. The van der Waals surface area contributed by atoms with Gasteiger partial charge >= 0.3 is 0 Å². The van der Waals surface area contributed by atoms with Crippen LogP contribution in [0.25, 0.3) is 0 Å². The molecule has 0 bridgehead atoms. The Bertz CT molecular complexity index is 980. The summed E-state index contributed by atoms with van der Waals surface area (Å²) in [5.74, 6) is 1.94. The van der Waals surface area contributed by atoms with Gasteiger partial charge in [-0.15, -0.1) is 0 Å². The first-order valence-electron chi connectivity index (χ1n) is 10.4. The fourth-order valence-electron chi connectivity index (χ4n) is 3.97. The lowest BCUT2D eigenvalue weighted by Gasteiger charge is -2.32. The highest BCUT2D eigenvalue weighted by Crippen LogP contribution is 2.25. The first kappa shape index (κ1) is 20.4. The van der Waals surface area contributed by atoms with Crippen molar-refractivity contribution in [3.8, 4) is 11.5 Å². The Morgan fingerprint density at radius 2 is 1.87 bits per heavy atom. The molecule has 1 aliphatic rings. The van der Waals surface area contributed by atoms with Gasteiger partial charge in [0.2, 0.25) is 0 Å². The molecule has 0 spiro atoms. The van der Waals surface area contributed by atoms with E-state index in [1.165, 1.54) is 11.6 Å². The highest BCUT2D eigenvalue weighted by molar-refractivity contribution is 5.37. The molecule has 5 nitrogen and oxygen atoms in total. The van der Waals surface area contributed by atoms with Crippen LogP contribution in [0.2, 0.25) is 0 Å². The van der Waals surface area contributed by atoms with E-state index >= 15 is 0 Å². The van der Waals surface area contributed by atoms with Crippen LogP contribution >= 0.6 is 0 Å². The molecule has 6 heteroatoms. The molecule has 0 aliphatic carbocycles. The summed E-state index contributed by atoms with van der Waals surface area (Å²) in [5.41, 5.74) is 2.41. The van der Waals surface area contributed by atoms with Gasteiger partial charge in [-0.3, -0.25) is 4.90 Å². The fourth-order valence-corrected chi connectivity index (χ4v) is 3.97. The van der Waals surface area contributed by atoms with E-state index in [4.69, 9.17) is 9.47 Å². The summed E-state index contributed by atoms with van der Waals surface area (Å²) < 4.78 is 27.4. The predicted octanol–water partition coefficient (Wildman–Crippen LogP) is 4.43. The SMILES string of the molecule is COc1ccc(CN2CCC(Oc3ccccc3F)CC2)cc1Cn1ccnc1C. The van der Waals surface area contributed by atoms with Crippen molar-refractivity contribution < 1.29 is 13.9 Å². The van der Waals surface area contributed by atoms with Crippen LogP contribution in [0.5, 0.6) is 11.5 Å². The quantitative estimate of drug-likeness (QED) is 0.579. The molecular formula is C24H28FN3O2. The number of rotatable bonds is 7. The van der Waals surface area contributed by atoms with Gasteiger partial charge in [-0.05, 0) is 49.6 Å². The van der Waals surface area contributed by atoms with Gasteiger partial charge in [0.1, 0.15) is 17.7 Å². The molecule has 30 heavy (non-hydrogen) atoms. The highest BCUT2D eigenvalue weighted by Gasteiger charge is 2.22. The van der Waals surface area contributed by atoms with Crippen molar-refractivity contribution in [2.75, 3.05) is 20.2 Å². The molecule has 0 N–H and O–H groups in total. The van der Waals surface area contributed by atoms with Crippen LogP contribution in [0.15, 0.2) is 54.9 Å². The van der Waals surface area contributed by atoms with Crippen LogP contribution in [0.3, 0.4) is 0 Å². The van der Waals surface area contributed by atoms with Crippen LogP contribution in [-0.2, 0) is 13.1 Å². The molecule has 0 saturated carbocycles. The van der Waals surface area contributed by atoms with E-state index < -0.39 is 0 Å². The topological polar surface area (TPSA) is 39.5 Å². The van der Waals surface area contributed by atoms with Crippen molar-refractivity contribution in [2.24, 2.45) is 0 Å². The number of piperidine rings is 1. The van der Waals surface area contributed by atoms with Gasteiger partial charge in [0.05, 0.1) is 13.7 Å². The van der Waals surface area contributed by atoms with Crippen LogP contribution in [0, 0.1) is 12.7 Å². The lowest BCUT2D eigenvalue weighted by Crippen LogP contribution is -2.37. The molecule has 1 saturated heterocycles. The zero-order valence-corrected chi connectivity index (χ0v) is 17.6. The van der Waals surface area contributed by atoms with Crippen molar-refractivity contribution in [3.05, 3.63) is 77.6 Å². The summed E-state index contributed by atoms with van der Waals surface area (Å²) in [6, 6.07) is 13.0. The summed E-state index contributed by atoms with van der Waals surface area (Å²) in [6.07, 6.45) is 5.66. The minimum absolute atomic E-state index is 0.0637. The number of likely N-dealkylation sites (tertiary alicyclic amines) is 1. The number of aromatic nitrogens is 2. The summed E-state index contributed by atoms with van der Waals surface area (Å²) in [6.45, 7) is 5.49. The van der Waals surface area contributed by atoms with E-state index in [9.17, 15) is 4.39 Å². The average molecular weight is 410 g/mol. The number of ether oxygens (including phenoxy) is 2. The molecule has 3 aromatic rings. The Kier molecular flexibility index (Phi) is 6.33. The molecule has 2 heterocycles. The zero-order chi connectivity index (χ0) is 20.9. The van der Waals surface area contributed by atoms with Crippen LogP contribution in [0.4, 0.5) is 4.39 Å². The lowest BCUT2D eigenvalue weighted by molar-refractivity contribution is 0.0935. The van der Waals surface area contributed by atoms with E-state index in [1.54, 1.807) is 25.3 Å². The maximum atomic E-state index is 13.8. The second kappa shape index (κ2) is 9.30. The third-order valence-corrected chi connectivity index (χ3v) is 5.68. The Morgan fingerprint density at radius 3 is 2.57 bits per heavy atom. The maximum Gasteiger partial charge on any atom is 0.165 e. The highest BCUT2D eigenvalue weighted by atomic mass is 19.1. The smallest absolute Gasteiger partial charge is 0.165 e. The summed E-state index contributed by atoms with van der Waals surface area (Å²) in [5, 5.41) is 0. The molecule has 158 valence electrons. The first-order chi connectivity index (χ1) is 14.6. The molecular weight excluding hydrogens is 381 g/mol. The monoisotopic (exact) mass is 409 g/mol. The van der Waals surface area contributed by atoms with E-state index in [0.29, 0.717) is 5.75 Å². The maximum absolute atomic E-state index is 13.8. The van der Waals surface area contributed by atoms with Crippen molar-refractivity contribution in [1.82, 2.24) is 14.5 Å². The van der Waals surface area contributed by atoms with E-state index in [0.717, 1.165) is 56.2 Å². The third-order valence-electron chi connectivity index (χ3n) is 5.68. The molecule has 0 atom stereocenters. The van der Waals surface area contributed by atoms with Crippen LogP contribution in [0.1, 0.15) is 29.8 Å². The standard InChI is InChI=1S/C24H28FN3O2/c1-18-26-11-14-28(18)17-20-15-19(7-8-23(20)29-2)16-27-12-9-21(10-13-27)30-24-6-4-3-5-22(24)25/h3-8,11,14-15,21H,9-10,12-13,16-17H2,1-2H3. The molecule has 0 unspecified atom stereocenters. The summed E-state index contributed by atoms with van der Waals surface area (Å²) in [4.78, 5) is 6.73. The number of para-hydroxylation sites is 1. The van der Waals surface area contributed by atoms with Crippen molar-refractivity contribution in [1.29, 1.82) is 0 Å². The number of hydrogen-bond acceptors (Lipinski definition) is 4. The van der Waals surface area contributed by atoms with Crippen LogP contribution < -0.4 is 9.47 Å². The molecule has 0 amide bonds. The van der Waals surface area contributed by atoms with E-state index in [1.807, 2.05) is 25.4 Å². The molecule has 4 rings (SSSR count). The number of hydrogen-bond donors (Lipinski definition) is 0. The van der Waals surface area contributed by atoms with Gasteiger partial charge in [0.15, 0.2) is 11.6 Å². The Labute approximate surface area is 177 Å². The lowest BCUT2D eigenvalue weighted by atomic mass is 10.0. The second-order valence-corrected chi connectivity index (χ2v) is 7.77. The number of aryl methyl sites for hydroxylation is 1. The summed E-state index contributed by atoms with van der Waals surface area (Å²) in [7, 11) is 1.71. The van der Waals surface area contributed by atoms with Gasteiger partial charge in [-0.2, -0.15) is 0 Å². The average Bonchev–Trinajstić information content (AvgIpc) is 3.16. The molecule has 2 aromatic carbocycles. The Morgan fingerprint density at radius 1 is 1.07 bits per heavy atom. The number of imidazole rings is 1. The Hall–Kier alpha value is -2.86. The molecule has 0 radical (unpaired) electrons. The van der Waals surface area contributed by atoms with Gasteiger partial charge in [-0.1, -0.05) is 18.2 Å².